The van der Waals surface area contributed by atoms with Crippen molar-refractivity contribution in [2.24, 2.45) is 0 Å². The predicted octanol–water partition coefficient (Wildman–Crippen LogP) is 4.79. The maximum absolute atomic E-state index is 13.4. The van der Waals surface area contributed by atoms with Crippen LogP contribution in [0.3, 0.4) is 0 Å². The summed E-state index contributed by atoms with van der Waals surface area (Å²) in [5.74, 6) is 0.340. The molecule has 144 valence electrons. The lowest BCUT2D eigenvalue weighted by atomic mass is 9.82. The molecule has 0 radical (unpaired) electrons. The van der Waals surface area contributed by atoms with Crippen LogP contribution in [-0.4, -0.2) is 37.0 Å². The molecule has 5 heteroatoms. The summed E-state index contributed by atoms with van der Waals surface area (Å²) in [6.45, 7) is 7.65. The average Bonchev–Trinajstić information content (AvgIpc) is 3.09. The lowest BCUT2D eigenvalue weighted by Gasteiger charge is -2.36. The monoisotopic (exact) mass is 404 g/mol. The zero-order chi connectivity index (χ0) is 19.8. The molecule has 2 aromatic rings. The van der Waals surface area contributed by atoms with Crippen LogP contribution in [0.4, 0.5) is 0 Å². The molecule has 2 aromatic carbocycles. The van der Waals surface area contributed by atoms with Gasteiger partial charge in [0.05, 0.1) is 11.5 Å². The molecule has 1 aliphatic rings. The van der Waals surface area contributed by atoms with Crippen LogP contribution in [0.5, 0.6) is 0 Å². The largest absolute Gasteiger partial charge is 0.340 e. The van der Waals surface area contributed by atoms with Crippen LogP contribution >= 0.6 is 23.2 Å². The molecule has 1 heterocycles. The van der Waals surface area contributed by atoms with Gasteiger partial charge in [-0.15, -0.1) is 0 Å². The van der Waals surface area contributed by atoms with E-state index in [1.54, 1.807) is 6.07 Å². The van der Waals surface area contributed by atoms with Crippen molar-refractivity contribution >= 4 is 29.1 Å². The van der Waals surface area contributed by atoms with Gasteiger partial charge in [0, 0.05) is 36.1 Å². The number of hydrogen-bond donors (Lipinski definition) is 1. The fraction of sp³-hybridized carbons (Fsp3) is 0.409. The highest BCUT2D eigenvalue weighted by atomic mass is 35.5. The summed E-state index contributed by atoms with van der Waals surface area (Å²) in [6.07, 6.45) is 0. The number of hydrogen-bond acceptors (Lipinski definition) is 2. The molecule has 0 spiro atoms. The first kappa shape index (κ1) is 20.2. The Morgan fingerprint density at radius 2 is 1.74 bits per heavy atom. The van der Waals surface area contributed by atoms with Gasteiger partial charge in [-0.1, -0.05) is 47.5 Å². The van der Waals surface area contributed by atoms with Gasteiger partial charge in [0.1, 0.15) is 0 Å². The Bertz CT molecular complexity index is 830. The van der Waals surface area contributed by atoms with E-state index < -0.39 is 5.41 Å². The molecular formula is C22H26Cl2N2O. The molecule has 0 aliphatic carbocycles. The van der Waals surface area contributed by atoms with Crippen LogP contribution < -0.4 is 5.32 Å². The number of nitrogens with zero attached hydrogens (tertiary/aromatic N) is 1. The third-order valence-corrected chi connectivity index (χ3v) is 6.14. The van der Waals surface area contributed by atoms with Gasteiger partial charge in [-0.05, 0) is 55.7 Å². The van der Waals surface area contributed by atoms with Crippen molar-refractivity contribution in [3.63, 3.8) is 0 Å². The van der Waals surface area contributed by atoms with E-state index in [9.17, 15) is 4.79 Å². The zero-order valence-corrected chi connectivity index (χ0v) is 17.7. The first-order chi connectivity index (χ1) is 12.7. The smallest absolute Gasteiger partial charge is 0.232 e. The number of carbonyl (C=O) groups excluding carboxylic acids is 1. The maximum Gasteiger partial charge on any atom is 0.232 e. The van der Waals surface area contributed by atoms with E-state index in [0.717, 1.165) is 18.7 Å². The molecule has 0 aromatic heterocycles. The highest BCUT2D eigenvalue weighted by Gasteiger charge is 2.40. The first-order valence-corrected chi connectivity index (χ1v) is 9.97. The standard InChI is InChI=1S/C22H26Cl2N2O/c1-14-7-5-6-8-18(14)19-12-25-13-20(19)26(4)21(27)22(2,3)15-9-16(23)11-17(24)10-15/h5-11,19-20,25H,12-13H2,1-4H3/t19-,20+/m0/s1. The number of halogens is 2. The molecule has 0 unspecified atom stereocenters. The van der Waals surface area contributed by atoms with Gasteiger partial charge in [-0.2, -0.15) is 0 Å². The normalized spacial score (nSPS) is 19.9. The molecule has 2 atom stereocenters. The number of nitrogens with one attached hydrogen (secondary N) is 1. The molecule has 0 bridgehead atoms. The summed E-state index contributed by atoms with van der Waals surface area (Å²) in [6, 6.07) is 13.9. The van der Waals surface area contributed by atoms with Gasteiger partial charge in [-0.3, -0.25) is 4.79 Å². The number of amides is 1. The second kappa shape index (κ2) is 7.83. The van der Waals surface area contributed by atoms with E-state index in [-0.39, 0.29) is 17.9 Å². The Hall–Kier alpha value is -1.55. The summed E-state index contributed by atoms with van der Waals surface area (Å²) >= 11 is 12.3. The summed E-state index contributed by atoms with van der Waals surface area (Å²) in [4.78, 5) is 15.3. The summed E-state index contributed by atoms with van der Waals surface area (Å²) in [5, 5.41) is 4.54. The maximum atomic E-state index is 13.4. The van der Waals surface area contributed by atoms with Crippen LogP contribution in [0.1, 0.15) is 36.5 Å². The van der Waals surface area contributed by atoms with Gasteiger partial charge >= 0.3 is 0 Å². The molecule has 27 heavy (non-hydrogen) atoms. The second-order valence-corrected chi connectivity index (χ2v) is 8.76. The van der Waals surface area contributed by atoms with E-state index in [1.807, 2.05) is 37.9 Å². The van der Waals surface area contributed by atoms with Crippen LogP contribution in [0.2, 0.25) is 10.0 Å². The Kier molecular flexibility index (Phi) is 5.85. The molecular weight excluding hydrogens is 379 g/mol. The number of likely N-dealkylation sites (N-methyl/N-ethyl adjacent to an activating group) is 1. The molecule has 1 saturated heterocycles. The second-order valence-electron chi connectivity index (χ2n) is 7.89. The van der Waals surface area contributed by atoms with E-state index >= 15 is 0 Å². The van der Waals surface area contributed by atoms with Gasteiger partial charge < -0.3 is 10.2 Å². The van der Waals surface area contributed by atoms with Crippen LogP contribution in [0, 0.1) is 6.92 Å². The van der Waals surface area contributed by atoms with Crippen LogP contribution in [0.15, 0.2) is 42.5 Å². The molecule has 1 amide bonds. The van der Waals surface area contributed by atoms with E-state index in [2.05, 4.69) is 36.5 Å². The number of benzene rings is 2. The molecule has 1 N–H and O–H groups in total. The zero-order valence-electron chi connectivity index (χ0n) is 16.2. The van der Waals surface area contributed by atoms with Gasteiger partial charge in [0.25, 0.3) is 0 Å². The van der Waals surface area contributed by atoms with E-state index in [4.69, 9.17) is 23.2 Å². The number of rotatable bonds is 4. The lowest BCUT2D eigenvalue weighted by molar-refractivity contribution is -0.137. The van der Waals surface area contributed by atoms with Crippen molar-refractivity contribution in [1.82, 2.24) is 10.2 Å². The van der Waals surface area contributed by atoms with Crippen molar-refractivity contribution < 1.29 is 4.79 Å². The highest BCUT2D eigenvalue weighted by Crippen LogP contribution is 2.34. The van der Waals surface area contributed by atoms with E-state index in [0.29, 0.717) is 10.0 Å². The minimum absolute atomic E-state index is 0.0631. The Morgan fingerprint density at radius 3 is 2.37 bits per heavy atom. The molecule has 1 fully saturated rings. The van der Waals surface area contributed by atoms with Crippen LogP contribution in [0.25, 0.3) is 0 Å². The summed E-state index contributed by atoms with van der Waals surface area (Å²) in [7, 11) is 1.90. The minimum Gasteiger partial charge on any atom is -0.340 e. The molecule has 0 saturated carbocycles. The van der Waals surface area contributed by atoms with Gasteiger partial charge in [-0.25, -0.2) is 0 Å². The predicted molar refractivity (Wildman–Crippen MR) is 113 cm³/mol. The van der Waals surface area contributed by atoms with Crippen molar-refractivity contribution in [2.45, 2.75) is 38.1 Å². The van der Waals surface area contributed by atoms with Gasteiger partial charge in [0.2, 0.25) is 5.91 Å². The summed E-state index contributed by atoms with van der Waals surface area (Å²) < 4.78 is 0. The lowest BCUT2D eigenvalue weighted by Crippen LogP contribution is -2.48. The van der Waals surface area contributed by atoms with Crippen molar-refractivity contribution in [2.75, 3.05) is 20.1 Å². The number of aryl methyl sites for hydroxylation is 1. The fourth-order valence-electron chi connectivity index (χ4n) is 4.02. The highest BCUT2D eigenvalue weighted by molar-refractivity contribution is 6.34. The SMILES string of the molecule is Cc1ccccc1[C@@H]1CNC[C@H]1N(C)C(=O)C(C)(C)c1cc(Cl)cc(Cl)c1. The fourth-order valence-corrected chi connectivity index (χ4v) is 4.55. The quantitative estimate of drug-likeness (QED) is 0.793. The molecule has 1 aliphatic heterocycles. The Labute approximate surface area is 171 Å². The average molecular weight is 405 g/mol. The van der Waals surface area contributed by atoms with Crippen molar-refractivity contribution in [1.29, 1.82) is 0 Å². The summed E-state index contributed by atoms with van der Waals surface area (Å²) in [5.41, 5.74) is 2.67. The topological polar surface area (TPSA) is 32.3 Å². The minimum atomic E-state index is -0.720. The number of carbonyl (C=O) groups is 1. The van der Waals surface area contributed by atoms with Gasteiger partial charge in [0.15, 0.2) is 0 Å². The Morgan fingerprint density at radius 1 is 1.11 bits per heavy atom. The first-order valence-electron chi connectivity index (χ1n) is 9.22. The Balaban J connectivity index is 1.88. The van der Waals surface area contributed by atoms with Crippen molar-refractivity contribution in [3.05, 3.63) is 69.2 Å². The van der Waals surface area contributed by atoms with Crippen molar-refractivity contribution in [3.8, 4) is 0 Å². The molecule has 3 rings (SSSR count). The third-order valence-electron chi connectivity index (χ3n) is 5.71. The van der Waals surface area contributed by atoms with E-state index in [1.165, 1.54) is 11.1 Å². The third kappa shape index (κ3) is 4.01. The molecule has 3 nitrogen and oxygen atoms in total. The van der Waals surface area contributed by atoms with Crippen LogP contribution in [-0.2, 0) is 10.2 Å².